The number of carbonyl (C=O) groups is 1. The van der Waals surface area contributed by atoms with Gasteiger partial charge in [0.25, 0.3) is 0 Å². The number of esters is 1. The van der Waals surface area contributed by atoms with Crippen molar-refractivity contribution < 1.29 is 19.0 Å². The Kier molecular flexibility index (Phi) is 6.74. The molecule has 0 fully saturated rings. The van der Waals surface area contributed by atoms with Gasteiger partial charge in [0.05, 0.1) is 18.9 Å². The van der Waals surface area contributed by atoms with Crippen LogP contribution in [0.2, 0.25) is 0 Å². The molecule has 1 rings (SSSR count). The summed E-state index contributed by atoms with van der Waals surface area (Å²) in [6, 6.07) is 5.02. The molecule has 0 aliphatic carbocycles. The van der Waals surface area contributed by atoms with Crippen LogP contribution >= 0.6 is 0 Å². The smallest absolute Gasteiger partial charge is 0.341 e. The van der Waals surface area contributed by atoms with Crippen molar-refractivity contribution in [2.45, 2.75) is 20.3 Å². The molecular formula is C14H21NO4. The lowest BCUT2D eigenvalue weighted by atomic mass is 10.2. The highest BCUT2D eigenvalue weighted by Crippen LogP contribution is 2.27. The molecule has 0 aliphatic rings. The predicted octanol–water partition coefficient (Wildman–Crippen LogP) is 2.25. The van der Waals surface area contributed by atoms with Gasteiger partial charge in [0, 0.05) is 6.61 Å². The monoisotopic (exact) mass is 267 g/mol. The van der Waals surface area contributed by atoms with Crippen molar-refractivity contribution in [1.82, 2.24) is 0 Å². The van der Waals surface area contributed by atoms with Crippen molar-refractivity contribution in [2.75, 3.05) is 32.2 Å². The van der Waals surface area contributed by atoms with Gasteiger partial charge in [-0.2, -0.15) is 0 Å². The minimum absolute atomic E-state index is 0.312. The molecule has 5 heteroatoms. The van der Waals surface area contributed by atoms with Gasteiger partial charge < -0.3 is 19.9 Å². The van der Waals surface area contributed by atoms with Crippen LogP contribution in [-0.4, -0.2) is 32.4 Å². The summed E-state index contributed by atoms with van der Waals surface area (Å²) in [5, 5.41) is 0. The van der Waals surface area contributed by atoms with Crippen LogP contribution in [0, 0.1) is 0 Å². The number of hydrogen-bond acceptors (Lipinski definition) is 5. The Morgan fingerprint density at radius 1 is 1.21 bits per heavy atom. The fraction of sp³-hybridized carbons (Fsp3) is 0.500. The number of anilines is 1. The van der Waals surface area contributed by atoms with E-state index in [1.165, 1.54) is 0 Å². The third-order valence-corrected chi connectivity index (χ3v) is 2.36. The van der Waals surface area contributed by atoms with E-state index in [1.807, 2.05) is 6.92 Å². The largest absolute Gasteiger partial charge is 0.488 e. The molecule has 0 aliphatic heterocycles. The van der Waals surface area contributed by atoms with Gasteiger partial charge in [-0.05, 0) is 25.5 Å². The minimum atomic E-state index is -0.431. The van der Waals surface area contributed by atoms with Crippen LogP contribution in [0.15, 0.2) is 18.2 Å². The first kappa shape index (κ1) is 15.3. The molecule has 19 heavy (non-hydrogen) atoms. The molecule has 0 saturated carbocycles. The average molecular weight is 267 g/mol. The lowest BCUT2D eigenvalue weighted by Crippen LogP contribution is -2.13. The van der Waals surface area contributed by atoms with E-state index < -0.39 is 5.97 Å². The van der Waals surface area contributed by atoms with E-state index in [1.54, 1.807) is 25.1 Å². The minimum Gasteiger partial charge on any atom is -0.488 e. The maximum atomic E-state index is 11.8. The zero-order valence-corrected chi connectivity index (χ0v) is 11.5. The number of ether oxygens (including phenoxy) is 3. The highest BCUT2D eigenvalue weighted by Gasteiger charge is 2.15. The van der Waals surface area contributed by atoms with E-state index in [9.17, 15) is 4.79 Å². The Balaban J connectivity index is 2.67. The fourth-order valence-electron chi connectivity index (χ4n) is 1.53. The predicted molar refractivity (Wildman–Crippen MR) is 73.4 cm³/mol. The van der Waals surface area contributed by atoms with Crippen molar-refractivity contribution in [2.24, 2.45) is 0 Å². The summed E-state index contributed by atoms with van der Waals surface area (Å²) in [6.45, 7) is 5.61. The zero-order valence-electron chi connectivity index (χ0n) is 11.5. The average Bonchev–Trinajstić information content (AvgIpc) is 2.40. The van der Waals surface area contributed by atoms with Crippen molar-refractivity contribution in [3.05, 3.63) is 23.8 Å². The molecule has 0 saturated heterocycles. The Morgan fingerprint density at radius 2 is 2.00 bits per heavy atom. The lowest BCUT2D eigenvalue weighted by molar-refractivity contribution is 0.0517. The summed E-state index contributed by atoms with van der Waals surface area (Å²) in [7, 11) is 0. The van der Waals surface area contributed by atoms with E-state index in [0.717, 1.165) is 6.42 Å². The van der Waals surface area contributed by atoms with Crippen LogP contribution in [0.1, 0.15) is 30.6 Å². The Hall–Kier alpha value is -1.75. The van der Waals surface area contributed by atoms with Crippen molar-refractivity contribution in [3.8, 4) is 5.75 Å². The van der Waals surface area contributed by atoms with Gasteiger partial charge in [0.2, 0.25) is 0 Å². The normalized spacial score (nSPS) is 10.2. The zero-order chi connectivity index (χ0) is 14.1. The Labute approximate surface area is 113 Å². The summed E-state index contributed by atoms with van der Waals surface area (Å²) in [6.07, 6.45) is 0.960. The number of rotatable bonds is 8. The summed E-state index contributed by atoms with van der Waals surface area (Å²) >= 11 is 0. The van der Waals surface area contributed by atoms with Crippen molar-refractivity contribution >= 4 is 11.7 Å². The van der Waals surface area contributed by atoms with Crippen molar-refractivity contribution in [1.29, 1.82) is 0 Å². The van der Waals surface area contributed by atoms with Crippen LogP contribution in [0.4, 0.5) is 5.69 Å². The molecule has 0 bridgehead atoms. The molecule has 0 radical (unpaired) electrons. The van der Waals surface area contributed by atoms with Crippen LogP contribution < -0.4 is 10.5 Å². The standard InChI is InChI=1S/C14H21NO4/c1-3-8-17-9-10-19-13-11(14(16)18-4-2)6-5-7-12(13)15/h5-7H,3-4,8-10,15H2,1-2H3. The molecule has 1 aromatic rings. The molecule has 5 nitrogen and oxygen atoms in total. The third-order valence-electron chi connectivity index (χ3n) is 2.36. The molecule has 106 valence electrons. The summed E-state index contributed by atoms with van der Waals surface area (Å²) < 4.78 is 15.8. The van der Waals surface area contributed by atoms with E-state index >= 15 is 0 Å². The third kappa shape index (κ3) is 4.79. The van der Waals surface area contributed by atoms with Gasteiger partial charge in [-0.3, -0.25) is 0 Å². The van der Waals surface area contributed by atoms with Crippen LogP contribution in [0.5, 0.6) is 5.75 Å². The van der Waals surface area contributed by atoms with E-state index in [-0.39, 0.29) is 0 Å². The highest BCUT2D eigenvalue weighted by molar-refractivity contribution is 5.94. The maximum absolute atomic E-state index is 11.8. The number of para-hydroxylation sites is 1. The topological polar surface area (TPSA) is 70.8 Å². The molecule has 0 amide bonds. The molecule has 0 atom stereocenters. The summed E-state index contributed by atoms with van der Waals surface area (Å²) in [4.78, 5) is 11.8. The lowest BCUT2D eigenvalue weighted by Gasteiger charge is -2.13. The number of benzene rings is 1. The molecule has 0 spiro atoms. The number of nitrogen functional groups attached to an aromatic ring is 1. The first-order chi connectivity index (χ1) is 9.20. The fourth-order valence-corrected chi connectivity index (χ4v) is 1.53. The molecule has 2 N–H and O–H groups in total. The second-order valence-corrected chi connectivity index (χ2v) is 3.91. The highest BCUT2D eigenvalue weighted by atomic mass is 16.5. The van der Waals surface area contributed by atoms with Gasteiger partial charge in [-0.1, -0.05) is 13.0 Å². The maximum Gasteiger partial charge on any atom is 0.341 e. The van der Waals surface area contributed by atoms with E-state index in [0.29, 0.717) is 43.4 Å². The van der Waals surface area contributed by atoms with Crippen LogP contribution in [-0.2, 0) is 9.47 Å². The molecule has 0 unspecified atom stereocenters. The number of hydrogen-bond donors (Lipinski definition) is 1. The molecule has 1 aromatic carbocycles. The van der Waals surface area contributed by atoms with Crippen molar-refractivity contribution in [3.63, 3.8) is 0 Å². The first-order valence-corrected chi connectivity index (χ1v) is 6.46. The molecule has 0 heterocycles. The van der Waals surface area contributed by atoms with Crippen LogP contribution in [0.25, 0.3) is 0 Å². The van der Waals surface area contributed by atoms with Gasteiger partial charge in [0.1, 0.15) is 12.2 Å². The number of carbonyl (C=O) groups excluding carboxylic acids is 1. The van der Waals surface area contributed by atoms with E-state index in [4.69, 9.17) is 19.9 Å². The van der Waals surface area contributed by atoms with Crippen LogP contribution in [0.3, 0.4) is 0 Å². The Morgan fingerprint density at radius 3 is 2.68 bits per heavy atom. The molecule has 0 aromatic heterocycles. The Bertz CT molecular complexity index is 406. The van der Waals surface area contributed by atoms with Gasteiger partial charge >= 0.3 is 5.97 Å². The first-order valence-electron chi connectivity index (χ1n) is 6.46. The second kappa shape index (κ2) is 8.37. The van der Waals surface area contributed by atoms with Gasteiger partial charge in [0.15, 0.2) is 5.75 Å². The van der Waals surface area contributed by atoms with Gasteiger partial charge in [-0.25, -0.2) is 4.79 Å². The van der Waals surface area contributed by atoms with Gasteiger partial charge in [-0.15, -0.1) is 0 Å². The SMILES string of the molecule is CCCOCCOc1c(N)cccc1C(=O)OCC. The van der Waals surface area contributed by atoms with E-state index in [2.05, 4.69) is 0 Å². The quantitative estimate of drug-likeness (QED) is 0.444. The summed E-state index contributed by atoms with van der Waals surface area (Å²) in [5.41, 5.74) is 6.59. The molecular weight excluding hydrogens is 246 g/mol. The number of nitrogens with two attached hydrogens (primary N) is 1. The summed E-state index contributed by atoms with van der Waals surface area (Å²) in [5.74, 6) is -0.0691. The second-order valence-electron chi connectivity index (χ2n) is 3.91.